The van der Waals surface area contributed by atoms with Gasteiger partial charge in [-0.2, -0.15) is 0 Å². The number of aromatic nitrogens is 1. The predicted molar refractivity (Wildman–Crippen MR) is 150 cm³/mol. The predicted octanol–water partition coefficient (Wildman–Crippen LogP) is 6.39. The Balaban J connectivity index is 1.16. The molecule has 4 aromatic carbocycles. The van der Waals surface area contributed by atoms with Gasteiger partial charge in [-0.1, -0.05) is 54.1 Å². The monoisotopic (exact) mass is 545 g/mol. The fourth-order valence-corrected chi connectivity index (χ4v) is 5.25. The maximum atomic E-state index is 12.9. The van der Waals surface area contributed by atoms with E-state index < -0.39 is 10.0 Å². The summed E-state index contributed by atoms with van der Waals surface area (Å²) in [6.45, 7) is 0.433. The molecule has 0 aliphatic carbocycles. The van der Waals surface area contributed by atoms with Gasteiger partial charge in [0.05, 0.1) is 21.1 Å². The zero-order valence-electron chi connectivity index (χ0n) is 20.1. The maximum Gasteiger partial charge on any atom is 0.261 e. The summed E-state index contributed by atoms with van der Waals surface area (Å²) < 4.78 is 34.2. The van der Waals surface area contributed by atoms with Crippen LogP contribution >= 0.6 is 11.6 Å². The number of para-hydroxylation sites is 2. The number of anilines is 1. The van der Waals surface area contributed by atoms with Gasteiger partial charge in [0.2, 0.25) is 0 Å². The van der Waals surface area contributed by atoms with E-state index in [1.807, 2.05) is 54.6 Å². The molecule has 0 atom stereocenters. The Labute approximate surface area is 225 Å². The zero-order valence-corrected chi connectivity index (χ0v) is 21.7. The quantitative estimate of drug-likeness (QED) is 0.200. The van der Waals surface area contributed by atoms with Gasteiger partial charge in [-0.15, -0.1) is 0 Å². The lowest BCUT2D eigenvalue weighted by Crippen LogP contribution is -2.25. The lowest BCUT2D eigenvalue weighted by atomic mass is 10.1. The lowest BCUT2D eigenvalue weighted by Gasteiger charge is -2.10. The van der Waals surface area contributed by atoms with Gasteiger partial charge in [0.25, 0.3) is 15.9 Å². The van der Waals surface area contributed by atoms with Crippen molar-refractivity contribution in [1.82, 2.24) is 10.3 Å². The lowest BCUT2D eigenvalue weighted by molar-refractivity contribution is 0.0954. The van der Waals surface area contributed by atoms with Crippen LogP contribution in [0.2, 0.25) is 5.02 Å². The van der Waals surface area contributed by atoms with E-state index in [0.717, 1.165) is 22.4 Å². The smallest absolute Gasteiger partial charge is 0.261 e. The maximum absolute atomic E-state index is 12.9. The Bertz CT molecular complexity index is 1670. The molecule has 38 heavy (non-hydrogen) atoms. The summed E-state index contributed by atoms with van der Waals surface area (Å²) in [4.78, 5) is 15.6. The SMILES string of the molecule is O=C(NCCc1ccc(Oc2ccccc2)cc1)c1ccc(S(=O)(=O)Nc2cccc3c(Cl)c[nH]c23)cc1. The van der Waals surface area contributed by atoms with Crippen LogP contribution in [0.3, 0.4) is 0 Å². The van der Waals surface area contributed by atoms with E-state index in [9.17, 15) is 13.2 Å². The number of amides is 1. The van der Waals surface area contributed by atoms with Crippen molar-refractivity contribution in [3.05, 3.63) is 119 Å². The molecule has 0 aliphatic heterocycles. The largest absolute Gasteiger partial charge is 0.457 e. The summed E-state index contributed by atoms with van der Waals surface area (Å²) in [6.07, 6.45) is 2.24. The van der Waals surface area contributed by atoms with Crippen molar-refractivity contribution in [2.45, 2.75) is 11.3 Å². The van der Waals surface area contributed by atoms with Crippen LogP contribution < -0.4 is 14.8 Å². The number of hydrogen-bond donors (Lipinski definition) is 3. The van der Waals surface area contributed by atoms with Crippen LogP contribution in [0.1, 0.15) is 15.9 Å². The molecule has 1 heterocycles. The molecule has 0 saturated heterocycles. The number of ether oxygens (including phenoxy) is 1. The Morgan fingerprint density at radius 3 is 2.29 bits per heavy atom. The molecule has 192 valence electrons. The molecule has 0 aliphatic rings. The number of aromatic amines is 1. The second-order valence-electron chi connectivity index (χ2n) is 8.56. The van der Waals surface area contributed by atoms with Gasteiger partial charge >= 0.3 is 0 Å². The number of halogens is 1. The molecule has 0 bridgehead atoms. The number of H-pyrrole nitrogens is 1. The molecule has 9 heteroatoms. The van der Waals surface area contributed by atoms with E-state index in [2.05, 4.69) is 15.0 Å². The first-order chi connectivity index (χ1) is 18.4. The van der Waals surface area contributed by atoms with E-state index in [1.54, 1.807) is 24.4 Å². The first-order valence-electron chi connectivity index (χ1n) is 11.9. The number of hydrogen-bond acceptors (Lipinski definition) is 4. The summed E-state index contributed by atoms with van der Waals surface area (Å²) in [7, 11) is -3.87. The Kier molecular flexibility index (Phi) is 7.35. The molecular weight excluding hydrogens is 522 g/mol. The normalized spacial score (nSPS) is 11.3. The number of fused-ring (bicyclic) bond motifs is 1. The van der Waals surface area contributed by atoms with Gasteiger partial charge in [-0.05, 0) is 66.6 Å². The molecular formula is C29H24ClN3O4S. The third-order valence-corrected chi connectivity index (χ3v) is 7.63. The van der Waals surface area contributed by atoms with E-state index in [-0.39, 0.29) is 10.8 Å². The van der Waals surface area contributed by atoms with Crippen molar-refractivity contribution in [1.29, 1.82) is 0 Å². The number of carbonyl (C=O) groups is 1. The van der Waals surface area contributed by atoms with E-state index in [1.165, 1.54) is 24.3 Å². The van der Waals surface area contributed by atoms with Crippen LogP contribution in [0.25, 0.3) is 10.9 Å². The summed E-state index contributed by atoms with van der Waals surface area (Å²) >= 11 is 6.13. The van der Waals surface area contributed by atoms with Crippen molar-refractivity contribution >= 4 is 44.1 Å². The molecule has 3 N–H and O–H groups in total. The summed E-state index contributed by atoms with van der Waals surface area (Å²) in [6, 6.07) is 28.2. The average Bonchev–Trinajstić information content (AvgIpc) is 3.32. The van der Waals surface area contributed by atoms with Crippen LogP contribution in [0, 0.1) is 0 Å². The van der Waals surface area contributed by atoms with Crippen molar-refractivity contribution in [3.8, 4) is 11.5 Å². The summed E-state index contributed by atoms with van der Waals surface area (Å²) in [5.41, 5.74) is 2.40. The second-order valence-corrected chi connectivity index (χ2v) is 10.6. The van der Waals surface area contributed by atoms with E-state index in [0.29, 0.717) is 34.8 Å². The van der Waals surface area contributed by atoms with Gasteiger partial charge in [0, 0.05) is 23.7 Å². The highest BCUT2D eigenvalue weighted by Crippen LogP contribution is 2.30. The molecule has 5 rings (SSSR count). The number of carbonyl (C=O) groups excluding carboxylic acids is 1. The molecule has 0 unspecified atom stereocenters. The van der Waals surface area contributed by atoms with Gasteiger partial charge in [0.15, 0.2) is 0 Å². The first kappa shape index (κ1) is 25.4. The van der Waals surface area contributed by atoms with Gasteiger partial charge in [-0.3, -0.25) is 9.52 Å². The van der Waals surface area contributed by atoms with E-state index in [4.69, 9.17) is 16.3 Å². The first-order valence-corrected chi connectivity index (χ1v) is 13.7. The molecule has 1 aromatic heterocycles. The van der Waals surface area contributed by atoms with E-state index >= 15 is 0 Å². The van der Waals surface area contributed by atoms with Crippen LogP contribution in [-0.4, -0.2) is 25.9 Å². The van der Waals surface area contributed by atoms with Gasteiger partial charge in [0.1, 0.15) is 11.5 Å². The molecule has 0 fully saturated rings. The van der Waals surface area contributed by atoms with Crippen molar-refractivity contribution < 1.29 is 17.9 Å². The molecule has 0 radical (unpaired) electrons. The molecule has 5 aromatic rings. The Hall–Kier alpha value is -4.27. The third kappa shape index (κ3) is 5.82. The fraction of sp³-hybridized carbons (Fsp3) is 0.0690. The van der Waals surface area contributed by atoms with Gasteiger partial charge in [-0.25, -0.2) is 8.42 Å². The van der Waals surface area contributed by atoms with Gasteiger partial charge < -0.3 is 15.0 Å². The van der Waals surface area contributed by atoms with Crippen LogP contribution in [-0.2, 0) is 16.4 Å². The average molecular weight is 546 g/mol. The van der Waals surface area contributed by atoms with Crippen LogP contribution in [0.4, 0.5) is 5.69 Å². The second kappa shape index (κ2) is 11.0. The summed E-state index contributed by atoms with van der Waals surface area (Å²) in [5.74, 6) is 1.23. The molecule has 0 saturated carbocycles. The van der Waals surface area contributed by atoms with Crippen LogP contribution in [0.15, 0.2) is 108 Å². The Morgan fingerprint density at radius 1 is 0.842 bits per heavy atom. The number of nitrogens with one attached hydrogen (secondary N) is 3. The minimum atomic E-state index is -3.87. The van der Waals surface area contributed by atoms with Crippen molar-refractivity contribution in [2.24, 2.45) is 0 Å². The standard InChI is InChI=1S/C29H24ClN3O4S/c30-26-19-32-28-25(26)7-4-8-27(28)33-38(35,36)24-15-11-21(12-16-24)29(34)31-18-17-20-9-13-23(14-10-20)37-22-5-2-1-3-6-22/h1-16,19,32-33H,17-18H2,(H,31,34). The number of sulfonamides is 1. The van der Waals surface area contributed by atoms with Crippen molar-refractivity contribution in [2.75, 3.05) is 11.3 Å². The van der Waals surface area contributed by atoms with Crippen LogP contribution in [0.5, 0.6) is 11.5 Å². The summed E-state index contributed by atoms with van der Waals surface area (Å²) in [5, 5.41) is 4.09. The topological polar surface area (TPSA) is 100 Å². The number of rotatable bonds is 9. The van der Waals surface area contributed by atoms with Crippen molar-refractivity contribution in [3.63, 3.8) is 0 Å². The minimum Gasteiger partial charge on any atom is -0.457 e. The zero-order chi connectivity index (χ0) is 26.5. The minimum absolute atomic E-state index is 0.0431. The number of benzene rings is 4. The molecule has 1 amide bonds. The molecule has 0 spiro atoms. The fourth-order valence-electron chi connectivity index (χ4n) is 3.97. The highest BCUT2D eigenvalue weighted by Gasteiger charge is 2.17. The molecule has 7 nitrogen and oxygen atoms in total. The highest BCUT2D eigenvalue weighted by molar-refractivity contribution is 7.92. The third-order valence-electron chi connectivity index (χ3n) is 5.94. The Morgan fingerprint density at radius 2 is 1.55 bits per heavy atom. The highest BCUT2D eigenvalue weighted by atomic mass is 35.5.